The summed E-state index contributed by atoms with van der Waals surface area (Å²) in [5, 5.41) is 0. The zero-order valence-corrected chi connectivity index (χ0v) is 13.7. The maximum Gasteiger partial charge on any atom is 0.208 e. The van der Waals surface area contributed by atoms with Crippen molar-refractivity contribution in [3.63, 3.8) is 0 Å². The summed E-state index contributed by atoms with van der Waals surface area (Å²) in [5.41, 5.74) is 2.77. The van der Waals surface area contributed by atoms with Crippen molar-refractivity contribution in [1.29, 1.82) is 0 Å². The summed E-state index contributed by atoms with van der Waals surface area (Å²) in [4.78, 5) is 0. The molecule has 0 N–H and O–H groups in total. The number of hydrogen-bond acceptors (Lipinski definition) is 3. The van der Waals surface area contributed by atoms with Crippen LogP contribution < -0.4 is 0 Å². The Bertz CT molecular complexity index is 870. The van der Waals surface area contributed by atoms with Gasteiger partial charge in [0.25, 0.3) is 0 Å². The van der Waals surface area contributed by atoms with Crippen LogP contribution in [0.15, 0.2) is 78.9 Å². The summed E-state index contributed by atoms with van der Waals surface area (Å²) >= 11 is 0. The largest absolute Gasteiger partial charge is 0.474 e. The third-order valence-electron chi connectivity index (χ3n) is 4.85. The van der Waals surface area contributed by atoms with Crippen molar-refractivity contribution < 1.29 is 14.2 Å². The van der Waals surface area contributed by atoms with Gasteiger partial charge in [0.1, 0.15) is 5.76 Å². The van der Waals surface area contributed by atoms with Crippen LogP contribution in [0.25, 0.3) is 11.8 Å². The lowest BCUT2D eigenvalue weighted by atomic mass is 9.87. The fraction of sp³-hybridized carbons (Fsp3) is 0.182. The van der Waals surface area contributed by atoms with Gasteiger partial charge in [0.2, 0.25) is 5.79 Å². The van der Waals surface area contributed by atoms with Crippen molar-refractivity contribution in [3.8, 4) is 0 Å². The second-order valence-electron chi connectivity index (χ2n) is 6.45. The molecule has 25 heavy (non-hydrogen) atoms. The van der Waals surface area contributed by atoms with Crippen LogP contribution >= 0.6 is 0 Å². The Labute approximate surface area is 146 Å². The number of benzene rings is 2. The predicted molar refractivity (Wildman–Crippen MR) is 96.4 cm³/mol. The molecule has 0 atom stereocenters. The van der Waals surface area contributed by atoms with Gasteiger partial charge in [-0.15, -0.1) is 0 Å². The predicted octanol–water partition coefficient (Wildman–Crippen LogP) is 4.28. The lowest BCUT2D eigenvalue weighted by molar-refractivity contribution is -0.0786. The molecule has 2 aromatic rings. The summed E-state index contributed by atoms with van der Waals surface area (Å²) in [6, 6.07) is 18.5. The number of ether oxygens (including phenoxy) is 3. The van der Waals surface area contributed by atoms with E-state index in [2.05, 4.69) is 30.3 Å². The number of fused-ring (bicyclic) bond motifs is 2. The maximum atomic E-state index is 6.44. The molecule has 3 nitrogen and oxygen atoms in total. The maximum absolute atomic E-state index is 6.44. The van der Waals surface area contributed by atoms with Gasteiger partial charge in [-0.25, -0.2) is 0 Å². The molecule has 2 aromatic carbocycles. The van der Waals surface area contributed by atoms with E-state index in [9.17, 15) is 0 Å². The van der Waals surface area contributed by atoms with Crippen LogP contribution in [0.4, 0.5) is 0 Å². The summed E-state index contributed by atoms with van der Waals surface area (Å²) < 4.78 is 17.9. The first-order valence-corrected chi connectivity index (χ1v) is 8.53. The van der Waals surface area contributed by atoms with E-state index in [1.807, 2.05) is 54.6 Å². The van der Waals surface area contributed by atoms with Crippen LogP contribution in [0.3, 0.4) is 0 Å². The van der Waals surface area contributed by atoms with Crippen molar-refractivity contribution >= 4 is 11.8 Å². The zero-order valence-electron chi connectivity index (χ0n) is 13.7. The Morgan fingerprint density at radius 1 is 0.760 bits per heavy atom. The summed E-state index contributed by atoms with van der Waals surface area (Å²) in [6.07, 6.45) is 10.1. The van der Waals surface area contributed by atoms with Gasteiger partial charge in [0.15, 0.2) is 5.60 Å². The quantitative estimate of drug-likeness (QED) is 0.731. The number of rotatable bonds is 1. The van der Waals surface area contributed by atoms with E-state index in [4.69, 9.17) is 14.2 Å². The van der Waals surface area contributed by atoms with Crippen LogP contribution in [0.1, 0.15) is 16.7 Å². The average Bonchev–Trinajstić information content (AvgIpc) is 3.23. The van der Waals surface area contributed by atoms with Gasteiger partial charge in [-0.1, -0.05) is 54.6 Å². The topological polar surface area (TPSA) is 27.7 Å². The molecule has 0 radical (unpaired) electrons. The first-order valence-electron chi connectivity index (χ1n) is 8.53. The van der Waals surface area contributed by atoms with Gasteiger partial charge in [0.05, 0.1) is 13.2 Å². The summed E-state index contributed by atoms with van der Waals surface area (Å²) in [7, 11) is 0. The van der Waals surface area contributed by atoms with Crippen molar-refractivity contribution in [2.45, 2.75) is 11.4 Å². The molecule has 0 aromatic heterocycles. The normalized spacial score (nSPS) is 23.3. The second kappa shape index (κ2) is 5.45. The lowest BCUT2D eigenvalue weighted by Gasteiger charge is -2.31. The monoisotopic (exact) mass is 330 g/mol. The average molecular weight is 330 g/mol. The van der Waals surface area contributed by atoms with E-state index < -0.39 is 11.4 Å². The Balaban J connectivity index is 1.58. The molecular formula is C22H18O3. The molecule has 0 amide bonds. The second-order valence-corrected chi connectivity index (χ2v) is 6.45. The SMILES string of the molecule is C1=CC2(C=CC13OCCO3)O/C(=C/c1ccccc1)c1ccccc12. The van der Waals surface area contributed by atoms with Crippen molar-refractivity contribution in [2.24, 2.45) is 0 Å². The van der Waals surface area contributed by atoms with Crippen LogP contribution in [-0.2, 0) is 19.8 Å². The van der Waals surface area contributed by atoms with Gasteiger partial charge in [0, 0.05) is 11.1 Å². The highest BCUT2D eigenvalue weighted by Gasteiger charge is 2.44. The molecular weight excluding hydrogens is 312 g/mol. The van der Waals surface area contributed by atoms with Crippen LogP contribution in [0.2, 0.25) is 0 Å². The summed E-state index contributed by atoms with van der Waals surface area (Å²) in [6.45, 7) is 1.22. The fourth-order valence-corrected chi connectivity index (χ4v) is 3.61. The van der Waals surface area contributed by atoms with E-state index in [1.54, 1.807) is 0 Å². The van der Waals surface area contributed by atoms with E-state index in [0.717, 1.165) is 22.4 Å². The van der Waals surface area contributed by atoms with E-state index >= 15 is 0 Å². The highest BCUT2D eigenvalue weighted by atomic mass is 16.7. The minimum absolute atomic E-state index is 0.599. The Morgan fingerprint density at radius 2 is 1.44 bits per heavy atom. The molecule has 0 saturated carbocycles. The van der Waals surface area contributed by atoms with Crippen molar-refractivity contribution in [1.82, 2.24) is 0 Å². The Morgan fingerprint density at radius 3 is 2.20 bits per heavy atom. The minimum Gasteiger partial charge on any atom is -0.474 e. The van der Waals surface area contributed by atoms with Gasteiger partial charge in [-0.2, -0.15) is 0 Å². The zero-order chi connectivity index (χ0) is 16.7. The Hall–Kier alpha value is -2.62. The minimum atomic E-state index is -0.727. The molecule has 1 fully saturated rings. The molecule has 1 aliphatic carbocycles. The van der Waals surface area contributed by atoms with Crippen LogP contribution in [-0.4, -0.2) is 19.0 Å². The third-order valence-corrected chi connectivity index (χ3v) is 4.85. The van der Waals surface area contributed by atoms with Gasteiger partial charge in [-0.3, -0.25) is 0 Å². The van der Waals surface area contributed by atoms with Gasteiger partial charge in [-0.05, 0) is 35.9 Å². The highest BCUT2D eigenvalue weighted by Crippen LogP contribution is 2.48. The standard InChI is InChI=1S/C22H18O3/c1-2-6-17(7-3-1)16-20-18-8-4-5-9-19(18)21(25-20)10-12-22(13-11-21)23-14-15-24-22/h1-13,16H,14-15H2/b20-16+. The van der Waals surface area contributed by atoms with Crippen LogP contribution in [0, 0.1) is 0 Å². The molecule has 3 heteroatoms. The highest BCUT2D eigenvalue weighted by molar-refractivity contribution is 5.83. The smallest absolute Gasteiger partial charge is 0.208 e. The molecule has 3 aliphatic rings. The third kappa shape index (κ3) is 2.36. The van der Waals surface area contributed by atoms with E-state index in [1.165, 1.54) is 0 Å². The van der Waals surface area contributed by atoms with Gasteiger partial charge >= 0.3 is 0 Å². The summed E-state index contributed by atoms with van der Waals surface area (Å²) in [5.74, 6) is 0.149. The van der Waals surface area contributed by atoms with E-state index in [-0.39, 0.29) is 0 Å². The molecule has 0 unspecified atom stereocenters. The molecule has 2 aliphatic heterocycles. The first kappa shape index (κ1) is 14.7. The van der Waals surface area contributed by atoms with Gasteiger partial charge < -0.3 is 14.2 Å². The molecule has 5 rings (SSSR count). The molecule has 2 heterocycles. The Kier molecular flexibility index (Phi) is 3.20. The van der Waals surface area contributed by atoms with Crippen molar-refractivity contribution in [2.75, 3.05) is 13.2 Å². The van der Waals surface area contributed by atoms with E-state index in [0.29, 0.717) is 13.2 Å². The first-order chi connectivity index (χ1) is 12.3. The molecule has 1 saturated heterocycles. The van der Waals surface area contributed by atoms with Crippen molar-refractivity contribution in [3.05, 3.63) is 95.6 Å². The number of hydrogen-bond donors (Lipinski definition) is 0. The molecule has 0 bridgehead atoms. The molecule has 124 valence electrons. The van der Waals surface area contributed by atoms with Crippen LogP contribution in [0.5, 0.6) is 0 Å². The lowest BCUT2D eigenvalue weighted by Crippen LogP contribution is -2.32. The molecule has 2 spiro atoms. The fourth-order valence-electron chi connectivity index (χ4n) is 3.61.